The molecule has 2 aromatic heterocycles. The van der Waals surface area contributed by atoms with Gasteiger partial charge in [0.05, 0.1) is 10.5 Å². The molecule has 252 valence electrons. The second-order valence-electron chi connectivity index (χ2n) is 13.4. The van der Waals surface area contributed by atoms with Gasteiger partial charge in [-0.15, -0.1) is 11.3 Å². The Balaban J connectivity index is 0.970. The third-order valence-corrected chi connectivity index (χ3v) is 11.7. The Morgan fingerprint density at radius 1 is 1.08 bits per heavy atom. The SMILES string of the molecule is NC(=O)c1cccc(-c2cn(C3CCOCC3)c3c(Cl)c(CNC(=O)C4CC5(CCN(CCNC(=O)c6nccs6)CC5)C4)ccc23)c1. The molecule has 3 amide bonds. The summed E-state index contributed by atoms with van der Waals surface area (Å²) in [4.78, 5) is 43.8. The number of rotatable bonds is 10. The summed E-state index contributed by atoms with van der Waals surface area (Å²) in [6.45, 7) is 5.14. The number of fused-ring (bicyclic) bond motifs is 1. The van der Waals surface area contributed by atoms with Crippen LogP contribution in [0.5, 0.6) is 0 Å². The van der Waals surface area contributed by atoms with Crippen molar-refractivity contribution in [2.75, 3.05) is 39.4 Å². The fourth-order valence-corrected chi connectivity index (χ4v) is 8.58. The van der Waals surface area contributed by atoms with Crippen molar-refractivity contribution >= 4 is 51.6 Å². The van der Waals surface area contributed by atoms with E-state index in [2.05, 4.69) is 37.3 Å². The van der Waals surface area contributed by atoms with Gasteiger partial charge >= 0.3 is 0 Å². The van der Waals surface area contributed by atoms with E-state index >= 15 is 0 Å². The maximum absolute atomic E-state index is 13.3. The minimum Gasteiger partial charge on any atom is -0.381 e. The molecular weight excluding hydrogens is 648 g/mol. The first-order valence-electron chi connectivity index (χ1n) is 16.8. The fraction of sp³-hybridized carbons (Fsp3) is 0.444. The van der Waals surface area contributed by atoms with Gasteiger partial charge in [-0.2, -0.15) is 0 Å². The maximum atomic E-state index is 13.3. The van der Waals surface area contributed by atoms with Crippen LogP contribution in [-0.2, 0) is 16.1 Å². The van der Waals surface area contributed by atoms with Crippen LogP contribution < -0.4 is 16.4 Å². The number of benzene rings is 2. The van der Waals surface area contributed by atoms with E-state index in [-0.39, 0.29) is 29.2 Å². The predicted octanol–water partition coefficient (Wildman–Crippen LogP) is 5.41. The number of ether oxygens (including phenoxy) is 1. The molecule has 1 saturated carbocycles. The molecule has 0 radical (unpaired) electrons. The number of carbonyl (C=O) groups excluding carboxylic acids is 3. The van der Waals surface area contributed by atoms with Crippen LogP contribution in [0, 0.1) is 11.3 Å². The van der Waals surface area contributed by atoms with Crippen LogP contribution in [0.4, 0.5) is 0 Å². The largest absolute Gasteiger partial charge is 0.381 e. The molecule has 48 heavy (non-hydrogen) atoms. The minimum absolute atomic E-state index is 0.0203. The zero-order valence-electron chi connectivity index (χ0n) is 26.9. The van der Waals surface area contributed by atoms with Crippen LogP contribution >= 0.6 is 22.9 Å². The van der Waals surface area contributed by atoms with E-state index in [1.807, 2.05) is 24.3 Å². The van der Waals surface area contributed by atoms with Crippen molar-refractivity contribution < 1.29 is 19.1 Å². The summed E-state index contributed by atoms with van der Waals surface area (Å²) in [5.74, 6) is -0.466. The summed E-state index contributed by atoms with van der Waals surface area (Å²) in [5, 5.41) is 10.1. The van der Waals surface area contributed by atoms with Gasteiger partial charge in [0.2, 0.25) is 11.8 Å². The quantitative estimate of drug-likeness (QED) is 0.204. The molecule has 4 aromatic rings. The van der Waals surface area contributed by atoms with E-state index in [1.165, 1.54) is 11.3 Å². The first-order chi connectivity index (χ1) is 23.3. The molecule has 1 spiro atoms. The number of piperidine rings is 1. The van der Waals surface area contributed by atoms with E-state index in [0.717, 1.165) is 85.8 Å². The molecule has 0 unspecified atom stereocenters. The monoisotopic (exact) mass is 688 g/mol. The Morgan fingerprint density at radius 2 is 1.88 bits per heavy atom. The number of carbonyl (C=O) groups is 3. The van der Waals surface area contributed by atoms with Gasteiger partial charge in [-0.05, 0) is 80.3 Å². The smallest absolute Gasteiger partial charge is 0.280 e. The second-order valence-corrected chi connectivity index (χ2v) is 14.7. The average Bonchev–Trinajstić information content (AvgIpc) is 3.77. The van der Waals surface area contributed by atoms with Gasteiger partial charge in [0.15, 0.2) is 5.01 Å². The van der Waals surface area contributed by atoms with Crippen LogP contribution in [-0.4, -0.2) is 71.6 Å². The molecule has 1 aliphatic carbocycles. The number of hydrogen-bond donors (Lipinski definition) is 3. The topological polar surface area (TPSA) is 132 Å². The molecule has 2 saturated heterocycles. The second kappa shape index (κ2) is 14.0. The van der Waals surface area contributed by atoms with Crippen molar-refractivity contribution in [1.29, 1.82) is 0 Å². The first kappa shape index (κ1) is 32.8. The van der Waals surface area contributed by atoms with Gasteiger partial charge < -0.3 is 30.6 Å². The highest BCUT2D eigenvalue weighted by molar-refractivity contribution is 7.11. The summed E-state index contributed by atoms with van der Waals surface area (Å²) in [6.07, 6.45) is 9.53. The van der Waals surface area contributed by atoms with Crippen molar-refractivity contribution in [3.05, 3.63) is 75.3 Å². The van der Waals surface area contributed by atoms with Gasteiger partial charge in [-0.3, -0.25) is 14.4 Å². The Kier molecular flexibility index (Phi) is 9.55. The van der Waals surface area contributed by atoms with E-state index in [0.29, 0.717) is 41.9 Å². The highest BCUT2D eigenvalue weighted by Gasteiger charge is 2.48. The number of nitrogens with two attached hydrogens (primary N) is 1. The molecule has 3 fully saturated rings. The molecule has 0 bridgehead atoms. The normalized spacial score (nSPS) is 18.5. The van der Waals surface area contributed by atoms with Crippen molar-refractivity contribution in [3.63, 3.8) is 0 Å². The molecule has 0 atom stereocenters. The summed E-state index contributed by atoms with van der Waals surface area (Å²) >= 11 is 8.51. The lowest BCUT2D eigenvalue weighted by Crippen LogP contribution is -2.51. The van der Waals surface area contributed by atoms with E-state index in [4.69, 9.17) is 22.1 Å². The number of likely N-dealkylation sites (tertiary alicyclic amines) is 1. The van der Waals surface area contributed by atoms with Crippen LogP contribution in [0.1, 0.15) is 70.3 Å². The number of halogens is 1. The lowest BCUT2D eigenvalue weighted by atomic mass is 9.57. The lowest BCUT2D eigenvalue weighted by Gasteiger charge is -2.51. The number of hydrogen-bond acceptors (Lipinski definition) is 7. The molecule has 3 aliphatic rings. The number of thiazole rings is 1. The summed E-state index contributed by atoms with van der Waals surface area (Å²) in [6, 6.07) is 11.7. The zero-order chi connectivity index (χ0) is 33.3. The van der Waals surface area contributed by atoms with Crippen molar-refractivity contribution in [1.82, 2.24) is 25.1 Å². The predicted molar refractivity (Wildman–Crippen MR) is 187 cm³/mol. The number of amides is 3. The molecule has 12 heteroatoms. The van der Waals surface area contributed by atoms with Gasteiger partial charge in [0.1, 0.15) is 0 Å². The van der Waals surface area contributed by atoms with Gasteiger partial charge in [-0.1, -0.05) is 35.9 Å². The van der Waals surface area contributed by atoms with Crippen molar-refractivity contribution in [3.8, 4) is 11.1 Å². The number of aromatic nitrogens is 2. The number of nitrogens with one attached hydrogen (secondary N) is 2. The number of nitrogens with zero attached hydrogens (tertiary/aromatic N) is 3. The molecular formula is C36H41ClN6O4S. The summed E-state index contributed by atoms with van der Waals surface area (Å²) in [7, 11) is 0. The molecule has 4 heterocycles. The van der Waals surface area contributed by atoms with Crippen LogP contribution in [0.2, 0.25) is 5.02 Å². The minimum atomic E-state index is -0.464. The van der Waals surface area contributed by atoms with Crippen LogP contribution in [0.3, 0.4) is 0 Å². The van der Waals surface area contributed by atoms with Gasteiger partial charge in [0, 0.05) is 79.1 Å². The Hall–Kier alpha value is -3.77. The highest BCUT2D eigenvalue weighted by atomic mass is 35.5. The standard InChI is InChI=1S/C36H41ClN6O4S/c37-30-25(4-5-28-29(23-2-1-3-24(18-23)32(38)44)22-43(31(28)30)27-6-15-47-16-7-27)21-41-33(45)26-19-36(20-26)8-12-42(13-9-36)14-10-39-34(46)35-40-11-17-48-35/h1-5,11,17-18,22,26-27H,6-10,12-16,19-21H2,(H2,38,44)(H,39,46)(H,41,45). The van der Waals surface area contributed by atoms with Crippen LogP contribution in [0.25, 0.3) is 22.0 Å². The number of primary amides is 1. The van der Waals surface area contributed by atoms with Gasteiger partial charge in [-0.25, -0.2) is 4.98 Å². The van der Waals surface area contributed by atoms with E-state index < -0.39 is 5.91 Å². The molecule has 4 N–H and O–H groups in total. The summed E-state index contributed by atoms with van der Waals surface area (Å²) < 4.78 is 7.90. The maximum Gasteiger partial charge on any atom is 0.280 e. The third kappa shape index (κ3) is 6.74. The fourth-order valence-electron chi connectivity index (χ4n) is 7.70. The summed E-state index contributed by atoms with van der Waals surface area (Å²) in [5.41, 5.74) is 10.0. The Labute approximate surface area is 289 Å². The van der Waals surface area contributed by atoms with Crippen molar-refractivity contribution in [2.24, 2.45) is 17.1 Å². The van der Waals surface area contributed by atoms with Crippen molar-refractivity contribution in [2.45, 2.75) is 51.1 Å². The average molecular weight is 689 g/mol. The van der Waals surface area contributed by atoms with E-state index in [1.54, 1.807) is 17.6 Å². The molecule has 2 aromatic carbocycles. The zero-order valence-corrected chi connectivity index (χ0v) is 28.5. The first-order valence-corrected chi connectivity index (χ1v) is 18.0. The lowest BCUT2D eigenvalue weighted by molar-refractivity contribution is -0.135. The Morgan fingerprint density at radius 3 is 2.60 bits per heavy atom. The highest BCUT2D eigenvalue weighted by Crippen LogP contribution is 2.52. The Bertz CT molecular complexity index is 1800. The third-order valence-electron chi connectivity index (χ3n) is 10.5. The van der Waals surface area contributed by atoms with E-state index in [9.17, 15) is 14.4 Å². The van der Waals surface area contributed by atoms with Gasteiger partial charge in [0.25, 0.3) is 5.91 Å². The molecule has 7 rings (SSSR count). The molecule has 2 aliphatic heterocycles. The van der Waals surface area contributed by atoms with Crippen LogP contribution in [0.15, 0.2) is 54.2 Å². The molecule has 10 nitrogen and oxygen atoms in total.